The van der Waals surface area contributed by atoms with Gasteiger partial charge in [-0.2, -0.15) is 0 Å². The number of rotatable bonds is 26. The molecule has 0 spiro atoms. The Labute approximate surface area is 298 Å². The Balaban J connectivity index is 1.12. The summed E-state index contributed by atoms with van der Waals surface area (Å²) in [7, 11) is 0. The van der Waals surface area contributed by atoms with E-state index in [1.165, 1.54) is 80.3 Å². The summed E-state index contributed by atoms with van der Waals surface area (Å²) in [5.74, 6) is 0. The number of ether oxygens (including phenoxy) is 4. The molecule has 0 aliphatic rings. The molecule has 0 bridgehead atoms. The molecule has 48 heavy (non-hydrogen) atoms. The first-order valence-corrected chi connectivity index (χ1v) is 19.8. The van der Waals surface area contributed by atoms with E-state index in [4.69, 9.17) is 18.9 Å². The Morgan fingerprint density at radius 2 is 0.812 bits per heavy atom. The molecule has 0 atom stereocenters. The van der Waals surface area contributed by atoms with E-state index in [2.05, 4.69) is 98.8 Å². The molecule has 2 aromatic heterocycles. The van der Waals surface area contributed by atoms with Gasteiger partial charge < -0.3 is 18.9 Å². The first-order valence-electron chi connectivity index (χ1n) is 18.1. The van der Waals surface area contributed by atoms with E-state index >= 15 is 0 Å². The monoisotopic (exact) mass is 688 g/mol. The average Bonchev–Trinajstić information content (AvgIpc) is 3.80. The van der Waals surface area contributed by atoms with Gasteiger partial charge in [0.15, 0.2) is 0 Å². The zero-order chi connectivity index (χ0) is 33.5. The van der Waals surface area contributed by atoms with Gasteiger partial charge in [0.25, 0.3) is 0 Å². The van der Waals surface area contributed by atoms with Gasteiger partial charge in [-0.05, 0) is 59.4 Å². The molecule has 0 fully saturated rings. The maximum absolute atomic E-state index is 5.79. The van der Waals surface area contributed by atoms with Crippen LogP contribution in [0.25, 0.3) is 33.0 Å². The molecule has 2 heterocycles. The van der Waals surface area contributed by atoms with E-state index < -0.39 is 0 Å². The maximum atomic E-state index is 5.79. The van der Waals surface area contributed by atoms with Gasteiger partial charge in [0, 0.05) is 45.6 Å². The summed E-state index contributed by atoms with van der Waals surface area (Å²) in [6.45, 7) is 10.4. The van der Waals surface area contributed by atoms with Crippen molar-refractivity contribution in [3.05, 3.63) is 93.7 Å². The lowest BCUT2D eigenvalue weighted by Gasteiger charge is -2.05. The Morgan fingerprint density at radius 3 is 1.21 bits per heavy atom. The second-order valence-electron chi connectivity index (χ2n) is 12.2. The lowest BCUT2D eigenvalue weighted by molar-refractivity contribution is 0.0476. The van der Waals surface area contributed by atoms with Crippen molar-refractivity contribution in [2.45, 2.75) is 78.1 Å². The van der Waals surface area contributed by atoms with Crippen LogP contribution in [-0.4, -0.2) is 52.9 Å². The van der Waals surface area contributed by atoms with Crippen LogP contribution in [-0.2, 0) is 31.8 Å². The highest BCUT2D eigenvalue weighted by Gasteiger charge is 2.05. The van der Waals surface area contributed by atoms with E-state index in [0.717, 1.165) is 52.1 Å². The van der Waals surface area contributed by atoms with E-state index in [9.17, 15) is 0 Å². The number of thiophene rings is 2. The number of unbranched alkanes of at least 4 members (excludes halogenated alkanes) is 6. The Morgan fingerprint density at radius 1 is 0.417 bits per heavy atom. The summed E-state index contributed by atoms with van der Waals surface area (Å²) >= 11 is 3.71. The summed E-state index contributed by atoms with van der Waals surface area (Å²) in [5.41, 5.74) is 4.91. The summed E-state index contributed by atoms with van der Waals surface area (Å²) in [5, 5.41) is 0. The molecule has 0 aliphatic heterocycles. The lowest BCUT2D eigenvalue weighted by Crippen LogP contribution is -2.07. The second-order valence-corrected chi connectivity index (χ2v) is 14.5. The minimum absolute atomic E-state index is 0.674. The van der Waals surface area contributed by atoms with Crippen LogP contribution in [0.3, 0.4) is 0 Å². The van der Waals surface area contributed by atoms with Crippen LogP contribution in [0.5, 0.6) is 0 Å². The molecule has 0 N–H and O–H groups in total. The molecule has 260 valence electrons. The third-order valence-corrected chi connectivity index (χ3v) is 10.6. The first-order chi connectivity index (χ1) is 23.7. The second kappa shape index (κ2) is 23.7. The van der Waals surface area contributed by atoms with Crippen molar-refractivity contribution in [1.82, 2.24) is 0 Å². The van der Waals surface area contributed by atoms with Crippen LogP contribution < -0.4 is 0 Å². The van der Waals surface area contributed by atoms with Gasteiger partial charge in [0.1, 0.15) is 0 Å². The summed E-state index contributed by atoms with van der Waals surface area (Å²) < 4.78 is 22.9. The highest BCUT2D eigenvalue weighted by molar-refractivity contribution is 7.15. The van der Waals surface area contributed by atoms with Gasteiger partial charge in [-0.3, -0.25) is 0 Å². The van der Waals surface area contributed by atoms with Gasteiger partial charge in [0.05, 0.1) is 39.6 Å². The minimum atomic E-state index is 0.674. The van der Waals surface area contributed by atoms with Crippen molar-refractivity contribution in [2.75, 3.05) is 52.9 Å². The molecule has 0 radical (unpaired) electrons. The summed E-state index contributed by atoms with van der Waals surface area (Å²) in [6.07, 6.45) is 16.2. The van der Waals surface area contributed by atoms with Crippen LogP contribution in [0.4, 0.5) is 0 Å². The molecule has 4 nitrogen and oxygen atoms in total. The third-order valence-electron chi connectivity index (χ3n) is 8.20. The average molecular weight is 689 g/mol. The third kappa shape index (κ3) is 14.9. The van der Waals surface area contributed by atoms with Crippen LogP contribution in [0.2, 0.25) is 0 Å². The largest absolute Gasteiger partial charge is 0.379 e. The smallest absolute Gasteiger partial charge is 0.0700 e. The van der Waals surface area contributed by atoms with E-state index in [0.29, 0.717) is 26.4 Å². The lowest BCUT2D eigenvalue weighted by atomic mass is 10.1. The topological polar surface area (TPSA) is 36.9 Å². The molecule has 6 heteroatoms. The van der Waals surface area contributed by atoms with E-state index in [1.54, 1.807) is 0 Å². The van der Waals surface area contributed by atoms with Crippen molar-refractivity contribution in [3.63, 3.8) is 0 Å². The molecule has 0 aliphatic carbocycles. The molecule has 4 rings (SSSR count). The fourth-order valence-corrected chi connectivity index (χ4v) is 7.28. The van der Waals surface area contributed by atoms with E-state index in [1.807, 2.05) is 22.7 Å². The number of benzene rings is 2. The first kappa shape index (κ1) is 38.2. The maximum Gasteiger partial charge on any atom is 0.0700 e. The molecule has 0 amide bonds. The Bertz CT molecular complexity index is 1300. The molecular formula is C42H56O4S2. The molecular weight excluding hydrogens is 633 g/mol. The predicted octanol–water partition coefficient (Wildman–Crippen LogP) is 11.6. The van der Waals surface area contributed by atoms with Crippen molar-refractivity contribution >= 4 is 34.8 Å². The molecule has 0 saturated heterocycles. The zero-order valence-electron chi connectivity index (χ0n) is 29.3. The normalized spacial score (nSPS) is 11.6. The van der Waals surface area contributed by atoms with Gasteiger partial charge in [-0.15, -0.1) is 22.7 Å². The Hall–Kier alpha value is -2.58. The molecule has 0 saturated carbocycles. The standard InChI is InChI=1S/C42H56O4S2/c1-3-5-7-9-27-43-31-33-45-29-25-39-21-23-41(47-39)37-17-13-35(14-18-37)11-12-36-15-19-38(20-16-36)42-24-22-40(48-42)26-30-46-34-32-44-28-10-8-6-4-2/h11-24H,3-10,25-34H2,1-2H3/b12-11+. The van der Waals surface area contributed by atoms with Gasteiger partial charge >= 0.3 is 0 Å². The number of hydrogen-bond donors (Lipinski definition) is 0. The predicted molar refractivity (Wildman–Crippen MR) is 207 cm³/mol. The highest BCUT2D eigenvalue weighted by atomic mass is 32.1. The molecule has 2 aromatic carbocycles. The zero-order valence-corrected chi connectivity index (χ0v) is 30.9. The van der Waals surface area contributed by atoms with Gasteiger partial charge in [-0.25, -0.2) is 0 Å². The summed E-state index contributed by atoms with van der Waals surface area (Å²) in [6, 6.07) is 26.6. The Kier molecular flexibility index (Phi) is 18.9. The van der Waals surface area contributed by atoms with Crippen molar-refractivity contribution in [1.29, 1.82) is 0 Å². The molecule has 0 unspecified atom stereocenters. The van der Waals surface area contributed by atoms with Crippen LogP contribution in [0.15, 0.2) is 72.8 Å². The van der Waals surface area contributed by atoms with Crippen molar-refractivity contribution < 1.29 is 18.9 Å². The van der Waals surface area contributed by atoms with E-state index in [-0.39, 0.29) is 0 Å². The van der Waals surface area contributed by atoms with Gasteiger partial charge in [-0.1, -0.05) is 113 Å². The van der Waals surface area contributed by atoms with Crippen LogP contribution >= 0.6 is 22.7 Å². The SMILES string of the molecule is CCCCCCOCCOCCc1ccc(-c2ccc(/C=C/c3ccc(-c4ccc(CCOCCOCCCCCC)s4)cc3)cc2)s1. The highest BCUT2D eigenvalue weighted by Crippen LogP contribution is 2.30. The van der Waals surface area contributed by atoms with Crippen molar-refractivity contribution in [2.24, 2.45) is 0 Å². The van der Waals surface area contributed by atoms with Crippen molar-refractivity contribution in [3.8, 4) is 20.9 Å². The fourth-order valence-electron chi connectivity index (χ4n) is 5.30. The summed E-state index contributed by atoms with van der Waals surface area (Å²) in [4.78, 5) is 5.31. The van der Waals surface area contributed by atoms with Crippen LogP contribution in [0.1, 0.15) is 86.1 Å². The number of hydrogen-bond acceptors (Lipinski definition) is 6. The molecule has 4 aromatic rings. The quantitative estimate of drug-likeness (QED) is 0.0486. The van der Waals surface area contributed by atoms with Gasteiger partial charge in [0.2, 0.25) is 0 Å². The fraction of sp³-hybridized carbons (Fsp3) is 0.476. The minimum Gasteiger partial charge on any atom is -0.379 e. The van der Waals surface area contributed by atoms with Crippen LogP contribution in [0, 0.1) is 0 Å².